The Labute approximate surface area is 125 Å². The maximum absolute atomic E-state index is 12.3. The molecule has 2 N–H and O–H groups in total. The summed E-state index contributed by atoms with van der Waals surface area (Å²) in [6.45, 7) is 2.20. The second-order valence-electron chi connectivity index (χ2n) is 5.84. The number of para-hydroxylation sites is 1. The fourth-order valence-electron chi connectivity index (χ4n) is 3.03. The predicted molar refractivity (Wildman–Crippen MR) is 82.2 cm³/mol. The quantitative estimate of drug-likeness (QED) is 0.872. The molecule has 4 heteroatoms. The van der Waals surface area contributed by atoms with Crippen LogP contribution in [-0.4, -0.2) is 17.0 Å². The number of carbonyl (C=O) groups is 2. The van der Waals surface area contributed by atoms with Crippen molar-refractivity contribution in [2.45, 2.75) is 45.4 Å². The second-order valence-corrected chi connectivity index (χ2v) is 5.84. The number of amides is 1. The molecule has 0 radical (unpaired) electrons. The molecule has 1 saturated carbocycles. The molecule has 1 amide bonds. The molecule has 1 aliphatic rings. The molecule has 0 atom stereocenters. The van der Waals surface area contributed by atoms with E-state index in [9.17, 15) is 9.59 Å². The van der Waals surface area contributed by atoms with E-state index in [1.54, 1.807) is 18.2 Å². The van der Waals surface area contributed by atoms with Gasteiger partial charge in [-0.05, 0) is 43.2 Å². The summed E-state index contributed by atoms with van der Waals surface area (Å²) in [4.78, 5) is 23.2. The van der Waals surface area contributed by atoms with Crippen LogP contribution >= 0.6 is 0 Å². The summed E-state index contributed by atoms with van der Waals surface area (Å²) in [5, 5.41) is 11.8. The van der Waals surface area contributed by atoms with Gasteiger partial charge in [-0.25, -0.2) is 0 Å². The van der Waals surface area contributed by atoms with Crippen LogP contribution in [0.3, 0.4) is 0 Å². The monoisotopic (exact) mass is 289 g/mol. The highest BCUT2D eigenvalue weighted by molar-refractivity contribution is 5.93. The Morgan fingerprint density at radius 2 is 1.86 bits per heavy atom. The molecule has 1 aromatic rings. The topological polar surface area (TPSA) is 66.4 Å². The molecule has 0 unspecified atom stereocenters. The summed E-state index contributed by atoms with van der Waals surface area (Å²) in [6, 6.07) is 7.13. The lowest BCUT2D eigenvalue weighted by Gasteiger charge is -2.27. The minimum atomic E-state index is -0.889. The van der Waals surface area contributed by atoms with Crippen molar-refractivity contribution in [1.82, 2.24) is 0 Å². The normalized spacial score (nSPS) is 21.8. The van der Waals surface area contributed by atoms with Crippen LogP contribution in [0.4, 0.5) is 5.69 Å². The SMILES string of the molecule is CCC1CCC(C(=O)Nc2ccccc2CC(=O)O)CC1. The smallest absolute Gasteiger partial charge is 0.307 e. The summed E-state index contributed by atoms with van der Waals surface area (Å²) >= 11 is 0. The largest absolute Gasteiger partial charge is 0.481 e. The zero-order valence-electron chi connectivity index (χ0n) is 12.5. The van der Waals surface area contributed by atoms with Crippen molar-refractivity contribution < 1.29 is 14.7 Å². The third kappa shape index (κ3) is 4.31. The van der Waals surface area contributed by atoms with Crippen molar-refractivity contribution in [3.63, 3.8) is 0 Å². The lowest BCUT2D eigenvalue weighted by Crippen LogP contribution is -2.27. The van der Waals surface area contributed by atoms with Gasteiger partial charge in [0.05, 0.1) is 6.42 Å². The Kier molecular flexibility index (Phi) is 5.37. The van der Waals surface area contributed by atoms with Gasteiger partial charge in [-0.2, -0.15) is 0 Å². The highest BCUT2D eigenvalue weighted by atomic mass is 16.4. The molecule has 0 aliphatic heterocycles. The lowest BCUT2D eigenvalue weighted by atomic mass is 9.80. The van der Waals surface area contributed by atoms with Crippen molar-refractivity contribution in [2.75, 3.05) is 5.32 Å². The maximum Gasteiger partial charge on any atom is 0.307 e. The van der Waals surface area contributed by atoms with Crippen LogP contribution in [0.1, 0.15) is 44.6 Å². The number of benzene rings is 1. The summed E-state index contributed by atoms with van der Waals surface area (Å²) in [6.07, 6.45) is 5.22. The number of nitrogens with one attached hydrogen (secondary N) is 1. The molecular formula is C17H23NO3. The fourth-order valence-corrected chi connectivity index (χ4v) is 3.03. The standard InChI is InChI=1S/C17H23NO3/c1-2-12-7-9-13(10-8-12)17(21)18-15-6-4-3-5-14(15)11-16(19)20/h3-6,12-13H,2,7-11H2,1H3,(H,18,21)(H,19,20). The van der Waals surface area contributed by atoms with Gasteiger partial charge in [-0.15, -0.1) is 0 Å². The molecule has 21 heavy (non-hydrogen) atoms. The van der Waals surface area contributed by atoms with Gasteiger partial charge in [0, 0.05) is 11.6 Å². The van der Waals surface area contributed by atoms with Crippen LogP contribution in [0.15, 0.2) is 24.3 Å². The maximum atomic E-state index is 12.3. The highest BCUT2D eigenvalue weighted by Crippen LogP contribution is 2.31. The zero-order valence-corrected chi connectivity index (χ0v) is 12.5. The van der Waals surface area contributed by atoms with E-state index in [0.29, 0.717) is 11.3 Å². The van der Waals surface area contributed by atoms with E-state index in [2.05, 4.69) is 12.2 Å². The number of hydrogen-bond donors (Lipinski definition) is 2. The van der Waals surface area contributed by atoms with Crippen LogP contribution < -0.4 is 5.32 Å². The average Bonchev–Trinajstić information content (AvgIpc) is 2.49. The van der Waals surface area contributed by atoms with Crippen LogP contribution in [0.2, 0.25) is 0 Å². The van der Waals surface area contributed by atoms with Crippen molar-refractivity contribution in [3.8, 4) is 0 Å². The van der Waals surface area contributed by atoms with Crippen LogP contribution in [0.5, 0.6) is 0 Å². The van der Waals surface area contributed by atoms with Gasteiger partial charge in [0.2, 0.25) is 5.91 Å². The summed E-state index contributed by atoms with van der Waals surface area (Å²) in [5.74, 6) is -0.0402. The molecular weight excluding hydrogens is 266 g/mol. The van der Waals surface area contributed by atoms with E-state index in [4.69, 9.17) is 5.11 Å². The van der Waals surface area contributed by atoms with E-state index in [-0.39, 0.29) is 18.2 Å². The van der Waals surface area contributed by atoms with Crippen LogP contribution in [0, 0.1) is 11.8 Å². The summed E-state index contributed by atoms with van der Waals surface area (Å²) < 4.78 is 0. The Morgan fingerprint density at radius 1 is 1.19 bits per heavy atom. The predicted octanol–water partition coefficient (Wildman–Crippen LogP) is 3.47. The first-order valence-electron chi connectivity index (χ1n) is 7.70. The molecule has 2 rings (SSSR count). The Hall–Kier alpha value is -1.84. The van der Waals surface area contributed by atoms with Crippen molar-refractivity contribution >= 4 is 17.6 Å². The molecule has 1 aliphatic carbocycles. The van der Waals surface area contributed by atoms with E-state index >= 15 is 0 Å². The van der Waals surface area contributed by atoms with E-state index in [1.165, 1.54) is 6.42 Å². The van der Waals surface area contributed by atoms with Crippen molar-refractivity contribution in [2.24, 2.45) is 11.8 Å². The molecule has 0 saturated heterocycles. The Balaban J connectivity index is 1.98. The van der Waals surface area contributed by atoms with Gasteiger partial charge in [0.25, 0.3) is 0 Å². The number of carboxylic acid groups (broad SMARTS) is 1. The third-order valence-corrected chi connectivity index (χ3v) is 4.41. The molecule has 0 spiro atoms. The minimum Gasteiger partial charge on any atom is -0.481 e. The second kappa shape index (κ2) is 7.25. The third-order valence-electron chi connectivity index (χ3n) is 4.41. The molecule has 114 valence electrons. The molecule has 4 nitrogen and oxygen atoms in total. The van der Waals surface area contributed by atoms with Crippen molar-refractivity contribution in [1.29, 1.82) is 0 Å². The van der Waals surface area contributed by atoms with Crippen molar-refractivity contribution in [3.05, 3.63) is 29.8 Å². The number of carbonyl (C=O) groups excluding carboxylic acids is 1. The van der Waals surface area contributed by atoms with Crippen LogP contribution in [0.25, 0.3) is 0 Å². The molecule has 0 aromatic heterocycles. The first kappa shape index (κ1) is 15.5. The number of rotatable bonds is 5. The molecule has 0 heterocycles. The summed E-state index contributed by atoms with van der Waals surface area (Å²) in [7, 11) is 0. The minimum absolute atomic E-state index is 0.0300. The van der Waals surface area contributed by atoms with Gasteiger partial charge >= 0.3 is 5.97 Å². The van der Waals surface area contributed by atoms with Gasteiger partial charge in [0.15, 0.2) is 0 Å². The molecule has 1 aromatic carbocycles. The zero-order chi connectivity index (χ0) is 15.2. The average molecular weight is 289 g/mol. The number of aliphatic carboxylic acids is 1. The first-order valence-corrected chi connectivity index (χ1v) is 7.70. The lowest BCUT2D eigenvalue weighted by molar-refractivity contribution is -0.136. The number of anilines is 1. The first-order chi connectivity index (χ1) is 10.1. The van der Waals surface area contributed by atoms with Gasteiger partial charge in [0.1, 0.15) is 0 Å². The fraction of sp³-hybridized carbons (Fsp3) is 0.529. The molecule has 1 fully saturated rings. The van der Waals surface area contributed by atoms with E-state index in [1.807, 2.05) is 6.07 Å². The highest BCUT2D eigenvalue weighted by Gasteiger charge is 2.25. The number of carboxylic acids is 1. The Morgan fingerprint density at radius 3 is 2.48 bits per heavy atom. The number of hydrogen-bond acceptors (Lipinski definition) is 2. The van der Waals surface area contributed by atoms with E-state index in [0.717, 1.165) is 31.6 Å². The summed E-state index contributed by atoms with van der Waals surface area (Å²) in [5.41, 5.74) is 1.28. The Bertz CT molecular complexity index is 505. The van der Waals surface area contributed by atoms with Gasteiger partial charge < -0.3 is 10.4 Å². The van der Waals surface area contributed by atoms with Gasteiger partial charge in [-0.1, -0.05) is 31.5 Å². The van der Waals surface area contributed by atoms with Crippen LogP contribution in [-0.2, 0) is 16.0 Å². The van der Waals surface area contributed by atoms with Gasteiger partial charge in [-0.3, -0.25) is 9.59 Å². The van der Waals surface area contributed by atoms with E-state index < -0.39 is 5.97 Å². The molecule has 0 bridgehead atoms.